The minimum absolute atomic E-state index is 0.103. The zero-order valence-electron chi connectivity index (χ0n) is 17.7. The Kier molecular flexibility index (Phi) is 5.74. The standard InChI is InChI=1S/C24H24N6O2/c31-21(14-15-22-26-23(29-32-22)17-7-3-1-4-8-17)25-19-12-10-18(11-13-19)24-28-27-20-9-5-2-6-16-30(20)24/h1,3-4,7-8,10-13H,2,5-6,9,14-16H2,(H,25,31). The highest BCUT2D eigenvalue weighted by atomic mass is 16.5. The Labute approximate surface area is 185 Å². The zero-order valence-corrected chi connectivity index (χ0v) is 17.7. The van der Waals surface area contributed by atoms with Gasteiger partial charge in [0.1, 0.15) is 5.82 Å². The predicted molar refractivity (Wildman–Crippen MR) is 120 cm³/mol. The lowest BCUT2D eigenvalue weighted by Gasteiger charge is -2.08. The summed E-state index contributed by atoms with van der Waals surface area (Å²) in [6, 6.07) is 17.3. The summed E-state index contributed by atoms with van der Waals surface area (Å²) in [5.41, 5.74) is 2.63. The van der Waals surface area contributed by atoms with E-state index < -0.39 is 0 Å². The van der Waals surface area contributed by atoms with Gasteiger partial charge in [0.2, 0.25) is 17.6 Å². The maximum atomic E-state index is 12.4. The maximum absolute atomic E-state index is 12.4. The number of aryl methyl sites for hydroxylation is 2. The Morgan fingerprint density at radius 1 is 0.969 bits per heavy atom. The number of aromatic nitrogens is 5. The third-order valence-corrected chi connectivity index (χ3v) is 5.60. The first kappa shape index (κ1) is 20.1. The lowest BCUT2D eigenvalue weighted by molar-refractivity contribution is -0.116. The van der Waals surface area contributed by atoms with Crippen LogP contribution in [0.5, 0.6) is 0 Å². The van der Waals surface area contributed by atoms with Crippen molar-refractivity contribution in [2.24, 2.45) is 0 Å². The van der Waals surface area contributed by atoms with Gasteiger partial charge < -0.3 is 14.4 Å². The summed E-state index contributed by atoms with van der Waals surface area (Å²) >= 11 is 0. The third-order valence-electron chi connectivity index (χ3n) is 5.60. The molecule has 2 aromatic heterocycles. The number of anilines is 1. The monoisotopic (exact) mass is 428 g/mol. The molecule has 1 aliphatic rings. The van der Waals surface area contributed by atoms with Gasteiger partial charge in [-0.15, -0.1) is 10.2 Å². The van der Waals surface area contributed by atoms with Crippen molar-refractivity contribution in [2.45, 2.75) is 45.1 Å². The normalized spacial score (nSPS) is 13.4. The van der Waals surface area contributed by atoms with Gasteiger partial charge in [-0.2, -0.15) is 4.98 Å². The highest BCUT2D eigenvalue weighted by molar-refractivity contribution is 5.91. The van der Waals surface area contributed by atoms with E-state index in [9.17, 15) is 4.79 Å². The number of nitrogens with zero attached hydrogens (tertiary/aromatic N) is 5. The molecule has 8 nitrogen and oxygen atoms in total. The Morgan fingerprint density at radius 2 is 1.81 bits per heavy atom. The number of carbonyl (C=O) groups is 1. The van der Waals surface area contributed by atoms with Crippen molar-refractivity contribution in [2.75, 3.05) is 5.32 Å². The number of amides is 1. The lowest BCUT2D eigenvalue weighted by Crippen LogP contribution is -2.12. The van der Waals surface area contributed by atoms with E-state index in [-0.39, 0.29) is 12.3 Å². The first-order valence-corrected chi connectivity index (χ1v) is 11.0. The Balaban J connectivity index is 1.18. The van der Waals surface area contributed by atoms with Crippen molar-refractivity contribution in [3.8, 4) is 22.8 Å². The van der Waals surface area contributed by atoms with Crippen molar-refractivity contribution in [3.05, 3.63) is 66.3 Å². The van der Waals surface area contributed by atoms with Gasteiger partial charge in [-0.25, -0.2) is 0 Å². The number of hydrogen-bond donors (Lipinski definition) is 1. The minimum atomic E-state index is -0.103. The quantitative estimate of drug-likeness (QED) is 0.492. The lowest BCUT2D eigenvalue weighted by atomic mass is 10.2. The van der Waals surface area contributed by atoms with Crippen LogP contribution in [0.15, 0.2) is 59.1 Å². The van der Waals surface area contributed by atoms with Crippen LogP contribution in [0, 0.1) is 0 Å². The molecule has 1 N–H and O–H groups in total. The second-order valence-corrected chi connectivity index (χ2v) is 7.91. The van der Waals surface area contributed by atoms with E-state index in [0.717, 1.165) is 47.8 Å². The molecule has 0 unspecified atom stereocenters. The molecule has 0 aliphatic carbocycles. The second-order valence-electron chi connectivity index (χ2n) is 7.91. The fourth-order valence-electron chi connectivity index (χ4n) is 3.91. The molecule has 0 atom stereocenters. The summed E-state index contributed by atoms with van der Waals surface area (Å²) in [4.78, 5) is 16.7. The first-order valence-electron chi connectivity index (χ1n) is 11.0. The number of rotatable bonds is 6. The van der Waals surface area contributed by atoms with Crippen LogP contribution in [0.4, 0.5) is 5.69 Å². The number of fused-ring (bicyclic) bond motifs is 1. The maximum Gasteiger partial charge on any atom is 0.227 e. The van der Waals surface area contributed by atoms with E-state index in [4.69, 9.17) is 4.52 Å². The van der Waals surface area contributed by atoms with Crippen molar-refractivity contribution >= 4 is 11.6 Å². The molecule has 1 aliphatic heterocycles. The summed E-state index contributed by atoms with van der Waals surface area (Å²) in [6.45, 7) is 0.956. The van der Waals surface area contributed by atoms with Gasteiger partial charge in [-0.1, -0.05) is 41.9 Å². The molecular weight excluding hydrogens is 404 g/mol. The number of hydrogen-bond acceptors (Lipinski definition) is 6. The topological polar surface area (TPSA) is 98.7 Å². The van der Waals surface area contributed by atoms with Crippen LogP contribution in [-0.2, 0) is 24.2 Å². The van der Waals surface area contributed by atoms with E-state index in [1.807, 2.05) is 54.6 Å². The molecule has 3 heterocycles. The Morgan fingerprint density at radius 3 is 2.66 bits per heavy atom. The molecule has 0 saturated carbocycles. The summed E-state index contributed by atoms with van der Waals surface area (Å²) in [6.07, 6.45) is 5.17. The summed E-state index contributed by atoms with van der Waals surface area (Å²) in [5.74, 6) is 2.83. The SMILES string of the molecule is O=C(CCc1nc(-c2ccccc2)no1)Nc1ccc(-c2nnc3n2CCCCC3)cc1. The van der Waals surface area contributed by atoms with Gasteiger partial charge >= 0.3 is 0 Å². The Hall–Kier alpha value is -3.81. The van der Waals surface area contributed by atoms with Crippen LogP contribution < -0.4 is 5.32 Å². The molecule has 32 heavy (non-hydrogen) atoms. The smallest absolute Gasteiger partial charge is 0.227 e. The summed E-state index contributed by atoms with van der Waals surface area (Å²) < 4.78 is 7.49. The molecule has 5 rings (SSSR count). The highest BCUT2D eigenvalue weighted by Gasteiger charge is 2.16. The fourth-order valence-corrected chi connectivity index (χ4v) is 3.91. The van der Waals surface area contributed by atoms with Crippen molar-refractivity contribution in [1.82, 2.24) is 24.9 Å². The van der Waals surface area contributed by atoms with Crippen LogP contribution in [0.1, 0.15) is 37.4 Å². The minimum Gasteiger partial charge on any atom is -0.339 e. The first-order chi connectivity index (χ1) is 15.8. The summed E-state index contributed by atoms with van der Waals surface area (Å²) in [7, 11) is 0. The molecule has 162 valence electrons. The molecule has 0 spiro atoms. The second kappa shape index (κ2) is 9.13. The van der Waals surface area contributed by atoms with E-state index in [1.54, 1.807) is 0 Å². The Bertz CT molecular complexity index is 1200. The number of carbonyl (C=O) groups excluding carboxylic acids is 1. The molecular formula is C24H24N6O2. The highest BCUT2D eigenvalue weighted by Crippen LogP contribution is 2.24. The molecule has 4 aromatic rings. The fraction of sp³-hybridized carbons (Fsp3) is 0.292. The van der Waals surface area contributed by atoms with Crippen molar-refractivity contribution < 1.29 is 9.32 Å². The predicted octanol–water partition coefficient (Wildman–Crippen LogP) is 4.29. The average Bonchev–Trinajstić information content (AvgIpc) is 3.40. The van der Waals surface area contributed by atoms with Gasteiger partial charge in [0.15, 0.2) is 5.82 Å². The van der Waals surface area contributed by atoms with Gasteiger partial charge in [-0.3, -0.25) is 4.79 Å². The van der Waals surface area contributed by atoms with E-state index in [0.29, 0.717) is 18.1 Å². The number of nitrogens with one attached hydrogen (secondary N) is 1. The number of benzene rings is 2. The van der Waals surface area contributed by atoms with Crippen LogP contribution in [0.2, 0.25) is 0 Å². The molecule has 8 heteroatoms. The average molecular weight is 428 g/mol. The van der Waals surface area contributed by atoms with Gasteiger partial charge in [-0.05, 0) is 37.1 Å². The molecule has 0 fully saturated rings. The third kappa shape index (κ3) is 4.44. The molecule has 0 bridgehead atoms. The van der Waals surface area contributed by atoms with Gasteiger partial charge in [0.05, 0.1) is 0 Å². The van der Waals surface area contributed by atoms with E-state index in [1.165, 1.54) is 12.8 Å². The van der Waals surface area contributed by atoms with E-state index in [2.05, 4.69) is 30.2 Å². The van der Waals surface area contributed by atoms with E-state index >= 15 is 0 Å². The van der Waals surface area contributed by atoms with Gasteiger partial charge in [0.25, 0.3) is 0 Å². The van der Waals surface area contributed by atoms with Crippen LogP contribution in [0.25, 0.3) is 22.8 Å². The summed E-state index contributed by atoms with van der Waals surface area (Å²) in [5, 5.41) is 15.7. The van der Waals surface area contributed by atoms with Crippen molar-refractivity contribution in [1.29, 1.82) is 0 Å². The largest absolute Gasteiger partial charge is 0.339 e. The molecule has 1 amide bonds. The molecule has 0 radical (unpaired) electrons. The zero-order chi connectivity index (χ0) is 21.8. The molecule has 0 saturated heterocycles. The van der Waals surface area contributed by atoms with Crippen molar-refractivity contribution in [3.63, 3.8) is 0 Å². The van der Waals surface area contributed by atoms with Gasteiger partial charge in [0, 0.05) is 42.6 Å². The van der Waals surface area contributed by atoms with Crippen LogP contribution in [0.3, 0.4) is 0 Å². The molecule has 2 aromatic carbocycles. The van der Waals surface area contributed by atoms with Crippen LogP contribution in [-0.4, -0.2) is 30.8 Å². The van der Waals surface area contributed by atoms with Crippen LogP contribution >= 0.6 is 0 Å².